The highest BCUT2D eigenvalue weighted by Gasteiger charge is 2.44. The van der Waals surface area contributed by atoms with Crippen molar-refractivity contribution in [3.63, 3.8) is 0 Å². The average molecular weight is 242 g/mol. The SMILES string of the molecule is Cc1ccc(C(C)C)cc1N(C)CC1(C#N)CC1. The van der Waals surface area contributed by atoms with Gasteiger partial charge in [-0.3, -0.25) is 0 Å². The molecule has 0 radical (unpaired) electrons. The van der Waals surface area contributed by atoms with Gasteiger partial charge < -0.3 is 4.90 Å². The van der Waals surface area contributed by atoms with Gasteiger partial charge in [-0.05, 0) is 42.9 Å². The fraction of sp³-hybridized carbons (Fsp3) is 0.562. The third-order valence-electron chi connectivity index (χ3n) is 3.94. The second-order valence-electron chi connectivity index (χ2n) is 5.95. The van der Waals surface area contributed by atoms with E-state index in [2.05, 4.69) is 57.0 Å². The van der Waals surface area contributed by atoms with Crippen molar-refractivity contribution < 1.29 is 0 Å². The summed E-state index contributed by atoms with van der Waals surface area (Å²) in [5, 5.41) is 9.19. The molecule has 2 rings (SSSR count). The number of rotatable bonds is 4. The Morgan fingerprint density at radius 2 is 2.06 bits per heavy atom. The first-order valence-electron chi connectivity index (χ1n) is 6.70. The van der Waals surface area contributed by atoms with E-state index in [4.69, 9.17) is 0 Å². The Kier molecular flexibility index (Phi) is 3.34. The van der Waals surface area contributed by atoms with Crippen LogP contribution < -0.4 is 4.90 Å². The van der Waals surface area contributed by atoms with E-state index in [1.165, 1.54) is 16.8 Å². The number of benzene rings is 1. The Hall–Kier alpha value is -1.49. The fourth-order valence-electron chi connectivity index (χ4n) is 2.39. The van der Waals surface area contributed by atoms with Crippen LogP contribution in [0.25, 0.3) is 0 Å². The predicted molar refractivity (Wildman–Crippen MR) is 75.8 cm³/mol. The molecule has 0 bridgehead atoms. The van der Waals surface area contributed by atoms with E-state index in [0.29, 0.717) is 5.92 Å². The minimum Gasteiger partial charge on any atom is -0.373 e. The Bertz CT molecular complexity index is 478. The van der Waals surface area contributed by atoms with Crippen LogP contribution in [-0.4, -0.2) is 13.6 Å². The molecule has 1 aliphatic rings. The van der Waals surface area contributed by atoms with Crippen molar-refractivity contribution in [3.05, 3.63) is 29.3 Å². The van der Waals surface area contributed by atoms with Crippen molar-refractivity contribution in [1.82, 2.24) is 0 Å². The van der Waals surface area contributed by atoms with Crippen LogP contribution in [0.1, 0.15) is 43.7 Å². The van der Waals surface area contributed by atoms with Crippen LogP contribution in [-0.2, 0) is 0 Å². The van der Waals surface area contributed by atoms with Crippen LogP contribution in [0.2, 0.25) is 0 Å². The van der Waals surface area contributed by atoms with E-state index in [1.807, 2.05) is 0 Å². The number of hydrogen-bond donors (Lipinski definition) is 0. The van der Waals surface area contributed by atoms with Crippen molar-refractivity contribution in [3.8, 4) is 6.07 Å². The van der Waals surface area contributed by atoms with Gasteiger partial charge in [0.2, 0.25) is 0 Å². The number of nitrogens with zero attached hydrogens (tertiary/aromatic N) is 2. The summed E-state index contributed by atoms with van der Waals surface area (Å²) in [5.74, 6) is 0.545. The Morgan fingerprint density at radius 1 is 1.39 bits per heavy atom. The zero-order valence-corrected chi connectivity index (χ0v) is 11.8. The minimum absolute atomic E-state index is 0.0744. The minimum atomic E-state index is -0.0744. The smallest absolute Gasteiger partial charge is 0.0749 e. The van der Waals surface area contributed by atoms with Crippen molar-refractivity contribution in [2.24, 2.45) is 5.41 Å². The quantitative estimate of drug-likeness (QED) is 0.801. The molecule has 1 fully saturated rings. The molecule has 1 aliphatic carbocycles. The molecule has 0 heterocycles. The van der Waals surface area contributed by atoms with Crippen LogP contribution in [0.15, 0.2) is 18.2 Å². The third kappa shape index (κ3) is 2.51. The van der Waals surface area contributed by atoms with E-state index in [9.17, 15) is 5.26 Å². The molecule has 0 amide bonds. The molecule has 18 heavy (non-hydrogen) atoms. The molecule has 1 aromatic rings. The maximum Gasteiger partial charge on any atom is 0.0749 e. The van der Waals surface area contributed by atoms with Gasteiger partial charge in [-0.15, -0.1) is 0 Å². The lowest BCUT2D eigenvalue weighted by Gasteiger charge is -2.25. The average Bonchev–Trinajstić information content (AvgIpc) is 3.09. The summed E-state index contributed by atoms with van der Waals surface area (Å²) in [6.45, 7) is 7.42. The maximum atomic E-state index is 9.19. The molecule has 0 aromatic heterocycles. The topological polar surface area (TPSA) is 27.0 Å². The van der Waals surface area contributed by atoms with E-state index in [0.717, 1.165) is 19.4 Å². The molecule has 2 nitrogen and oxygen atoms in total. The molecule has 0 aliphatic heterocycles. The number of anilines is 1. The highest BCUT2D eigenvalue weighted by molar-refractivity contribution is 5.55. The Labute approximate surface area is 110 Å². The molecular formula is C16H22N2. The van der Waals surface area contributed by atoms with Crippen LogP contribution in [0.4, 0.5) is 5.69 Å². The molecule has 2 heteroatoms. The number of nitriles is 1. The molecule has 1 aromatic carbocycles. The normalized spacial score (nSPS) is 16.4. The molecule has 0 unspecified atom stereocenters. The number of aryl methyl sites for hydroxylation is 1. The van der Waals surface area contributed by atoms with Gasteiger partial charge in [0.25, 0.3) is 0 Å². The van der Waals surface area contributed by atoms with Gasteiger partial charge in [0.1, 0.15) is 0 Å². The number of hydrogen-bond acceptors (Lipinski definition) is 2. The lowest BCUT2D eigenvalue weighted by Crippen LogP contribution is -2.26. The lowest BCUT2D eigenvalue weighted by molar-refractivity contribution is 0.652. The molecular weight excluding hydrogens is 220 g/mol. The van der Waals surface area contributed by atoms with Gasteiger partial charge in [-0.1, -0.05) is 26.0 Å². The zero-order valence-electron chi connectivity index (χ0n) is 11.8. The van der Waals surface area contributed by atoms with Crippen LogP contribution in [0, 0.1) is 23.7 Å². The van der Waals surface area contributed by atoms with Crippen molar-refractivity contribution in [2.75, 3.05) is 18.5 Å². The molecule has 0 spiro atoms. The Morgan fingerprint density at radius 3 is 2.56 bits per heavy atom. The third-order valence-corrected chi connectivity index (χ3v) is 3.94. The van der Waals surface area contributed by atoms with E-state index in [1.54, 1.807) is 0 Å². The van der Waals surface area contributed by atoms with Crippen LogP contribution >= 0.6 is 0 Å². The zero-order chi connectivity index (χ0) is 13.3. The maximum absolute atomic E-state index is 9.19. The highest BCUT2D eigenvalue weighted by atomic mass is 15.1. The summed E-state index contributed by atoms with van der Waals surface area (Å²) in [4.78, 5) is 2.25. The lowest BCUT2D eigenvalue weighted by atomic mass is 9.99. The first-order valence-corrected chi connectivity index (χ1v) is 6.70. The van der Waals surface area contributed by atoms with E-state index < -0.39 is 0 Å². The van der Waals surface area contributed by atoms with E-state index in [-0.39, 0.29) is 5.41 Å². The second kappa shape index (κ2) is 4.65. The van der Waals surface area contributed by atoms with Crippen molar-refractivity contribution >= 4 is 5.69 Å². The monoisotopic (exact) mass is 242 g/mol. The van der Waals surface area contributed by atoms with Gasteiger partial charge >= 0.3 is 0 Å². The van der Waals surface area contributed by atoms with Gasteiger partial charge in [-0.2, -0.15) is 5.26 Å². The summed E-state index contributed by atoms with van der Waals surface area (Å²) in [7, 11) is 2.10. The van der Waals surface area contributed by atoms with Crippen molar-refractivity contribution in [1.29, 1.82) is 5.26 Å². The molecule has 0 saturated heterocycles. The molecule has 96 valence electrons. The summed E-state index contributed by atoms with van der Waals surface area (Å²) < 4.78 is 0. The van der Waals surface area contributed by atoms with Gasteiger partial charge in [0.15, 0.2) is 0 Å². The van der Waals surface area contributed by atoms with Gasteiger partial charge in [0, 0.05) is 19.3 Å². The molecule has 0 atom stereocenters. The highest BCUT2D eigenvalue weighted by Crippen LogP contribution is 2.46. The summed E-state index contributed by atoms with van der Waals surface area (Å²) in [6, 6.07) is 9.13. The second-order valence-corrected chi connectivity index (χ2v) is 5.95. The fourth-order valence-corrected chi connectivity index (χ4v) is 2.39. The summed E-state index contributed by atoms with van der Waals surface area (Å²) in [5.41, 5.74) is 3.84. The predicted octanol–water partition coefficient (Wildman–Crippen LogP) is 3.86. The summed E-state index contributed by atoms with van der Waals surface area (Å²) in [6.07, 6.45) is 2.10. The van der Waals surface area contributed by atoms with Gasteiger partial charge in [-0.25, -0.2) is 0 Å². The van der Waals surface area contributed by atoms with Crippen LogP contribution in [0.3, 0.4) is 0 Å². The van der Waals surface area contributed by atoms with E-state index >= 15 is 0 Å². The first kappa shape index (κ1) is 13.0. The first-order chi connectivity index (χ1) is 8.47. The molecule has 0 N–H and O–H groups in total. The van der Waals surface area contributed by atoms with Crippen LogP contribution in [0.5, 0.6) is 0 Å². The van der Waals surface area contributed by atoms with Crippen molar-refractivity contribution in [2.45, 2.75) is 39.5 Å². The largest absolute Gasteiger partial charge is 0.373 e. The molecule has 1 saturated carbocycles. The standard InChI is InChI=1S/C16H22N2/c1-12(2)14-6-5-13(3)15(9-14)18(4)11-16(10-17)7-8-16/h5-6,9,12H,7-8,11H2,1-4H3. The van der Waals surface area contributed by atoms with Gasteiger partial charge in [0.05, 0.1) is 11.5 Å². The Balaban J connectivity index is 2.21. The summed E-state index contributed by atoms with van der Waals surface area (Å²) >= 11 is 0.